The van der Waals surface area contributed by atoms with Crippen LogP contribution in [0.1, 0.15) is 22.8 Å². The zero-order valence-electron chi connectivity index (χ0n) is 11.7. The molecule has 1 atom stereocenters. The van der Waals surface area contributed by atoms with Crippen molar-refractivity contribution in [3.63, 3.8) is 0 Å². The number of benzene rings is 2. The van der Waals surface area contributed by atoms with E-state index in [1.807, 2.05) is 19.1 Å². The van der Waals surface area contributed by atoms with Crippen LogP contribution >= 0.6 is 11.6 Å². The van der Waals surface area contributed by atoms with Crippen LogP contribution in [0.5, 0.6) is 11.5 Å². The first kappa shape index (κ1) is 14.7. The summed E-state index contributed by atoms with van der Waals surface area (Å²) in [4.78, 5) is 0. The maximum Gasteiger partial charge on any atom is 0.122 e. The van der Waals surface area contributed by atoms with Crippen molar-refractivity contribution in [1.29, 1.82) is 0 Å². The quantitative estimate of drug-likeness (QED) is 0.933. The molecule has 20 heavy (non-hydrogen) atoms. The minimum Gasteiger partial charge on any atom is -0.497 e. The molecule has 0 aliphatic rings. The lowest BCUT2D eigenvalue weighted by Crippen LogP contribution is -2.01. The van der Waals surface area contributed by atoms with Gasteiger partial charge in [0.15, 0.2) is 0 Å². The molecule has 0 aliphatic carbocycles. The van der Waals surface area contributed by atoms with Gasteiger partial charge in [0, 0.05) is 11.1 Å². The van der Waals surface area contributed by atoms with Gasteiger partial charge in [-0.3, -0.25) is 0 Å². The topological polar surface area (TPSA) is 38.7 Å². The molecule has 1 unspecified atom stereocenters. The number of ether oxygens (including phenoxy) is 2. The third-order valence-corrected chi connectivity index (χ3v) is 3.61. The van der Waals surface area contributed by atoms with Gasteiger partial charge in [0.25, 0.3) is 0 Å². The van der Waals surface area contributed by atoms with Gasteiger partial charge in [0.2, 0.25) is 0 Å². The second-order valence-electron chi connectivity index (χ2n) is 4.56. The molecule has 1 N–H and O–H groups in total. The van der Waals surface area contributed by atoms with Gasteiger partial charge in [-0.05, 0) is 41.8 Å². The Morgan fingerprint density at radius 2 is 1.55 bits per heavy atom. The molecule has 0 bridgehead atoms. The van der Waals surface area contributed by atoms with Crippen LogP contribution in [0.15, 0.2) is 36.4 Å². The van der Waals surface area contributed by atoms with E-state index in [1.54, 1.807) is 38.5 Å². The number of aryl methyl sites for hydroxylation is 1. The maximum atomic E-state index is 10.5. The number of halogens is 1. The summed E-state index contributed by atoms with van der Waals surface area (Å²) in [7, 11) is 3.15. The summed E-state index contributed by atoms with van der Waals surface area (Å²) in [6.07, 6.45) is -0.780. The minimum atomic E-state index is -0.780. The van der Waals surface area contributed by atoms with E-state index in [0.717, 1.165) is 11.1 Å². The van der Waals surface area contributed by atoms with E-state index in [1.165, 1.54) is 0 Å². The van der Waals surface area contributed by atoms with Gasteiger partial charge in [-0.15, -0.1) is 0 Å². The molecule has 0 radical (unpaired) electrons. The first-order chi connectivity index (χ1) is 9.55. The molecular weight excluding hydrogens is 276 g/mol. The molecule has 0 fully saturated rings. The van der Waals surface area contributed by atoms with Crippen molar-refractivity contribution in [2.75, 3.05) is 14.2 Å². The molecule has 2 aromatic carbocycles. The molecule has 0 saturated heterocycles. The Morgan fingerprint density at radius 1 is 0.950 bits per heavy atom. The predicted octanol–water partition coefficient (Wildman–Crippen LogP) is 3.75. The standard InChI is InChI=1S/C16H17ClO3/c1-10-4-5-11(8-15(10)17)16(18)12-6-13(19-2)9-14(7-12)20-3/h4-9,16,18H,1-3H3. The Bertz CT molecular complexity index is 588. The van der Waals surface area contributed by atoms with Crippen LogP contribution in [-0.2, 0) is 0 Å². The number of hydrogen-bond donors (Lipinski definition) is 1. The fourth-order valence-corrected chi connectivity index (χ4v) is 2.15. The summed E-state index contributed by atoms with van der Waals surface area (Å²) >= 11 is 6.10. The van der Waals surface area contributed by atoms with Gasteiger partial charge in [-0.25, -0.2) is 0 Å². The summed E-state index contributed by atoms with van der Waals surface area (Å²) in [5, 5.41) is 11.1. The molecule has 0 aliphatic heterocycles. The molecule has 0 spiro atoms. The molecule has 4 heteroatoms. The summed E-state index contributed by atoms with van der Waals surface area (Å²) in [6, 6.07) is 10.8. The predicted molar refractivity (Wildman–Crippen MR) is 79.8 cm³/mol. The molecule has 0 heterocycles. The number of rotatable bonds is 4. The van der Waals surface area contributed by atoms with Crippen LogP contribution in [0.4, 0.5) is 0 Å². The Kier molecular flexibility index (Phi) is 4.53. The van der Waals surface area contributed by atoms with Gasteiger partial charge in [-0.2, -0.15) is 0 Å². The smallest absolute Gasteiger partial charge is 0.122 e. The number of methoxy groups -OCH3 is 2. The highest BCUT2D eigenvalue weighted by Gasteiger charge is 2.14. The van der Waals surface area contributed by atoms with Crippen molar-refractivity contribution in [2.24, 2.45) is 0 Å². The van der Waals surface area contributed by atoms with Crippen molar-refractivity contribution >= 4 is 11.6 Å². The van der Waals surface area contributed by atoms with Gasteiger partial charge in [-0.1, -0.05) is 23.7 Å². The molecule has 2 aromatic rings. The summed E-state index contributed by atoms with van der Waals surface area (Å²) in [5.41, 5.74) is 2.41. The third kappa shape index (κ3) is 3.06. The fourth-order valence-electron chi connectivity index (χ4n) is 1.96. The van der Waals surface area contributed by atoms with Crippen molar-refractivity contribution < 1.29 is 14.6 Å². The fraction of sp³-hybridized carbons (Fsp3) is 0.250. The largest absolute Gasteiger partial charge is 0.497 e. The highest BCUT2D eigenvalue weighted by atomic mass is 35.5. The summed E-state index contributed by atoms with van der Waals surface area (Å²) < 4.78 is 10.4. The summed E-state index contributed by atoms with van der Waals surface area (Å²) in [6.45, 7) is 1.92. The first-order valence-electron chi connectivity index (χ1n) is 6.22. The lowest BCUT2D eigenvalue weighted by atomic mass is 10.00. The van der Waals surface area contributed by atoms with E-state index in [4.69, 9.17) is 21.1 Å². The van der Waals surface area contributed by atoms with E-state index >= 15 is 0 Å². The normalized spacial score (nSPS) is 12.1. The minimum absolute atomic E-state index is 0.636. The van der Waals surface area contributed by atoms with Crippen LogP contribution in [0, 0.1) is 6.92 Å². The first-order valence-corrected chi connectivity index (χ1v) is 6.60. The van der Waals surface area contributed by atoms with E-state index < -0.39 is 6.10 Å². The third-order valence-electron chi connectivity index (χ3n) is 3.20. The van der Waals surface area contributed by atoms with Crippen LogP contribution < -0.4 is 9.47 Å². The molecule has 0 saturated carbocycles. The van der Waals surface area contributed by atoms with E-state index in [0.29, 0.717) is 22.1 Å². The highest BCUT2D eigenvalue weighted by molar-refractivity contribution is 6.31. The molecule has 2 rings (SSSR count). The molecule has 3 nitrogen and oxygen atoms in total. The number of aliphatic hydroxyl groups excluding tert-OH is 1. The van der Waals surface area contributed by atoms with Gasteiger partial charge in [0.1, 0.15) is 17.6 Å². The van der Waals surface area contributed by atoms with Crippen molar-refractivity contribution in [2.45, 2.75) is 13.0 Å². The lowest BCUT2D eigenvalue weighted by Gasteiger charge is -2.15. The Labute approximate surface area is 123 Å². The Morgan fingerprint density at radius 3 is 2.05 bits per heavy atom. The van der Waals surface area contributed by atoms with Crippen molar-refractivity contribution in [3.05, 3.63) is 58.1 Å². The van der Waals surface area contributed by atoms with Crippen LogP contribution in [0.2, 0.25) is 5.02 Å². The van der Waals surface area contributed by atoms with Crippen molar-refractivity contribution in [3.8, 4) is 11.5 Å². The monoisotopic (exact) mass is 292 g/mol. The maximum absolute atomic E-state index is 10.5. The zero-order chi connectivity index (χ0) is 14.7. The summed E-state index contributed by atoms with van der Waals surface area (Å²) in [5.74, 6) is 1.27. The highest BCUT2D eigenvalue weighted by Crippen LogP contribution is 2.31. The van der Waals surface area contributed by atoms with E-state index in [-0.39, 0.29) is 0 Å². The Hall–Kier alpha value is -1.71. The molecule has 0 amide bonds. The molecular formula is C16H17ClO3. The van der Waals surface area contributed by atoms with Crippen LogP contribution in [0.3, 0.4) is 0 Å². The lowest BCUT2D eigenvalue weighted by molar-refractivity contribution is 0.219. The molecule has 106 valence electrons. The average Bonchev–Trinajstić information content (AvgIpc) is 2.48. The van der Waals surface area contributed by atoms with Crippen LogP contribution in [-0.4, -0.2) is 19.3 Å². The second-order valence-corrected chi connectivity index (χ2v) is 4.96. The molecule has 0 aromatic heterocycles. The van der Waals surface area contributed by atoms with E-state index in [9.17, 15) is 5.11 Å². The number of hydrogen-bond acceptors (Lipinski definition) is 3. The van der Waals surface area contributed by atoms with Crippen LogP contribution in [0.25, 0.3) is 0 Å². The zero-order valence-corrected chi connectivity index (χ0v) is 12.4. The van der Waals surface area contributed by atoms with Gasteiger partial charge >= 0.3 is 0 Å². The SMILES string of the molecule is COc1cc(OC)cc(C(O)c2ccc(C)c(Cl)c2)c1. The second kappa shape index (κ2) is 6.16. The Balaban J connectivity index is 2.41. The van der Waals surface area contributed by atoms with Gasteiger partial charge < -0.3 is 14.6 Å². The van der Waals surface area contributed by atoms with E-state index in [2.05, 4.69) is 0 Å². The number of aliphatic hydroxyl groups is 1. The van der Waals surface area contributed by atoms with Gasteiger partial charge in [0.05, 0.1) is 14.2 Å². The average molecular weight is 293 g/mol. The van der Waals surface area contributed by atoms with Crippen molar-refractivity contribution in [1.82, 2.24) is 0 Å².